The van der Waals surface area contributed by atoms with Crippen LogP contribution < -0.4 is 5.19 Å². The standard InChI is InChI=1S/C16H24OSi/c1-11-4-3-5-16(12(11)2)18-9-8-13-6-7-14-15(10-13)17-14/h3-5,13-15H,6-10,18H2,1-2H3. The molecular formula is C16H24OSi. The number of hydrogen-bond acceptors (Lipinski definition) is 1. The molecule has 0 bridgehead atoms. The molecule has 2 aliphatic rings. The van der Waals surface area contributed by atoms with Crippen molar-refractivity contribution in [3.63, 3.8) is 0 Å². The van der Waals surface area contributed by atoms with Gasteiger partial charge in [0.25, 0.3) is 0 Å². The number of aryl methyl sites for hydroxylation is 1. The number of epoxide rings is 1. The third-order valence-electron chi connectivity index (χ3n) is 4.89. The average molecular weight is 260 g/mol. The van der Waals surface area contributed by atoms with Crippen LogP contribution in [0, 0.1) is 19.8 Å². The maximum Gasteiger partial charge on any atom is 0.0844 e. The van der Waals surface area contributed by atoms with Crippen molar-refractivity contribution in [2.24, 2.45) is 5.92 Å². The minimum atomic E-state index is -0.0509. The maximum atomic E-state index is 5.62. The third kappa shape index (κ3) is 2.70. The fourth-order valence-corrected chi connectivity index (χ4v) is 5.53. The molecule has 0 amide bonds. The first-order valence-electron chi connectivity index (χ1n) is 7.44. The third-order valence-corrected chi connectivity index (χ3v) is 6.95. The molecule has 98 valence electrons. The van der Waals surface area contributed by atoms with Gasteiger partial charge in [0.15, 0.2) is 0 Å². The van der Waals surface area contributed by atoms with E-state index in [0.717, 1.165) is 5.92 Å². The van der Waals surface area contributed by atoms with Crippen LogP contribution in [-0.2, 0) is 4.74 Å². The van der Waals surface area contributed by atoms with E-state index < -0.39 is 0 Å². The molecule has 1 nitrogen and oxygen atoms in total. The summed E-state index contributed by atoms with van der Waals surface area (Å²) in [4.78, 5) is 0. The second kappa shape index (κ2) is 5.18. The molecule has 1 aromatic rings. The Hall–Kier alpha value is -0.603. The van der Waals surface area contributed by atoms with Crippen molar-refractivity contribution in [2.45, 2.75) is 57.8 Å². The van der Waals surface area contributed by atoms with E-state index in [2.05, 4.69) is 32.0 Å². The zero-order valence-electron chi connectivity index (χ0n) is 11.6. The number of ether oxygens (including phenoxy) is 1. The molecule has 0 aromatic heterocycles. The Morgan fingerprint density at radius 2 is 2.11 bits per heavy atom. The Morgan fingerprint density at radius 1 is 1.22 bits per heavy atom. The molecule has 0 radical (unpaired) electrons. The van der Waals surface area contributed by atoms with Gasteiger partial charge in [-0.15, -0.1) is 0 Å². The fraction of sp³-hybridized carbons (Fsp3) is 0.625. The summed E-state index contributed by atoms with van der Waals surface area (Å²) in [6.07, 6.45) is 6.88. The Balaban J connectivity index is 1.47. The highest BCUT2D eigenvalue weighted by molar-refractivity contribution is 6.54. The molecular weight excluding hydrogens is 236 g/mol. The average Bonchev–Trinajstić information content (AvgIpc) is 3.13. The SMILES string of the molecule is Cc1cccc([SiH2]CCC2CCC3OC3C2)c1C. The van der Waals surface area contributed by atoms with Gasteiger partial charge in [-0.3, -0.25) is 0 Å². The van der Waals surface area contributed by atoms with Gasteiger partial charge in [0.1, 0.15) is 0 Å². The van der Waals surface area contributed by atoms with Gasteiger partial charge >= 0.3 is 0 Å². The van der Waals surface area contributed by atoms with Crippen LogP contribution in [0.1, 0.15) is 36.8 Å². The van der Waals surface area contributed by atoms with Crippen molar-refractivity contribution in [1.29, 1.82) is 0 Å². The molecule has 2 heteroatoms. The van der Waals surface area contributed by atoms with Crippen LogP contribution in [0.3, 0.4) is 0 Å². The Morgan fingerprint density at radius 3 is 2.94 bits per heavy atom. The first-order chi connectivity index (χ1) is 8.74. The van der Waals surface area contributed by atoms with Crippen LogP contribution in [0.4, 0.5) is 0 Å². The lowest BCUT2D eigenvalue weighted by atomic mass is 9.88. The van der Waals surface area contributed by atoms with Gasteiger partial charge in [0.2, 0.25) is 0 Å². The first-order valence-corrected chi connectivity index (χ1v) is 9.15. The molecule has 1 aliphatic carbocycles. The van der Waals surface area contributed by atoms with Crippen molar-refractivity contribution in [3.8, 4) is 0 Å². The Kier molecular flexibility index (Phi) is 3.58. The lowest BCUT2D eigenvalue weighted by molar-refractivity contribution is 0.357. The summed E-state index contributed by atoms with van der Waals surface area (Å²) < 4.78 is 5.62. The van der Waals surface area contributed by atoms with E-state index in [4.69, 9.17) is 4.74 Å². The van der Waals surface area contributed by atoms with Crippen molar-refractivity contribution >= 4 is 14.7 Å². The van der Waals surface area contributed by atoms with Gasteiger partial charge in [0.05, 0.1) is 21.7 Å². The smallest absolute Gasteiger partial charge is 0.0844 e. The van der Waals surface area contributed by atoms with Crippen molar-refractivity contribution in [3.05, 3.63) is 29.3 Å². The first kappa shape index (κ1) is 12.4. The molecule has 18 heavy (non-hydrogen) atoms. The second-order valence-corrected chi connectivity index (χ2v) is 8.11. The monoisotopic (exact) mass is 260 g/mol. The summed E-state index contributed by atoms with van der Waals surface area (Å²) in [6, 6.07) is 8.30. The molecule has 3 rings (SSSR count). The number of hydrogen-bond donors (Lipinski definition) is 0. The van der Waals surface area contributed by atoms with Crippen LogP contribution in [0.15, 0.2) is 18.2 Å². The zero-order chi connectivity index (χ0) is 12.5. The number of fused-ring (bicyclic) bond motifs is 1. The molecule has 2 fully saturated rings. The molecule has 1 aromatic carbocycles. The van der Waals surface area contributed by atoms with E-state index >= 15 is 0 Å². The van der Waals surface area contributed by atoms with Gasteiger partial charge in [0, 0.05) is 0 Å². The van der Waals surface area contributed by atoms with E-state index in [1.54, 1.807) is 10.8 Å². The van der Waals surface area contributed by atoms with E-state index in [-0.39, 0.29) is 9.52 Å². The zero-order valence-corrected chi connectivity index (χ0v) is 13.0. The van der Waals surface area contributed by atoms with Crippen LogP contribution in [0.25, 0.3) is 0 Å². The van der Waals surface area contributed by atoms with Crippen LogP contribution in [-0.4, -0.2) is 21.7 Å². The highest BCUT2D eigenvalue weighted by Gasteiger charge is 2.43. The quantitative estimate of drug-likeness (QED) is 0.598. The number of benzene rings is 1. The maximum absolute atomic E-state index is 5.62. The fourth-order valence-electron chi connectivity index (χ4n) is 3.41. The minimum Gasteiger partial charge on any atom is -0.370 e. The normalized spacial score (nSPS) is 30.7. The molecule has 1 heterocycles. The van der Waals surface area contributed by atoms with Crippen molar-refractivity contribution in [1.82, 2.24) is 0 Å². The largest absolute Gasteiger partial charge is 0.370 e. The highest BCUT2D eigenvalue weighted by atomic mass is 28.2. The summed E-state index contributed by atoms with van der Waals surface area (Å²) in [7, 11) is -0.0509. The summed E-state index contributed by atoms with van der Waals surface area (Å²) in [5, 5.41) is 1.69. The molecule has 1 saturated heterocycles. The van der Waals surface area contributed by atoms with E-state index in [1.807, 2.05) is 0 Å². The van der Waals surface area contributed by atoms with Crippen molar-refractivity contribution in [2.75, 3.05) is 0 Å². The van der Waals surface area contributed by atoms with E-state index in [0.29, 0.717) is 12.2 Å². The van der Waals surface area contributed by atoms with Gasteiger partial charge in [-0.2, -0.15) is 0 Å². The van der Waals surface area contributed by atoms with Crippen LogP contribution in [0.2, 0.25) is 6.04 Å². The van der Waals surface area contributed by atoms with E-state index in [1.165, 1.54) is 37.3 Å². The number of rotatable bonds is 4. The molecule has 3 atom stereocenters. The lowest BCUT2D eigenvalue weighted by Gasteiger charge is -2.18. The lowest BCUT2D eigenvalue weighted by Crippen LogP contribution is -2.20. The summed E-state index contributed by atoms with van der Waals surface area (Å²) in [5.41, 5.74) is 3.02. The molecule has 1 aliphatic heterocycles. The molecule has 1 saturated carbocycles. The van der Waals surface area contributed by atoms with Gasteiger partial charge in [-0.05, 0) is 50.2 Å². The molecule has 0 spiro atoms. The summed E-state index contributed by atoms with van der Waals surface area (Å²) in [6.45, 7) is 4.53. The molecule has 0 N–H and O–H groups in total. The second-order valence-electron chi connectivity index (χ2n) is 6.14. The highest BCUT2D eigenvalue weighted by Crippen LogP contribution is 2.40. The van der Waals surface area contributed by atoms with Crippen molar-refractivity contribution < 1.29 is 4.74 Å². The molecule has 3 unspecified atom stereocenters. The summed E-state index contributed by atoms with van der Waals surface area (Å²) >= 11 is 0. The van der Waals surface area contributed by atoms with Gasteiger partial charge in [-0.25, -0.2) is 0 Å². The predicted octanol–water partition coefficient (Wildman–Crippen LogP) is 2.47. The Labute approximate surface area is 113 Å². The van der Waals surface area contributed by atoms with Crippen LogP contribution in [0.5, 0.6) is 0 Å². The predicted molar refractivity (Wildman–Crippen MR) is 79.5 cm³/mol. The topological polar surface area (TPSA) is 12.5 Å². The van der Waals surface area contributed by atoms with E-state index in [9.17, 15) is 0 Å². The van der Waals surface area contributed by atoms with Gasteiger partial charge in [-0.1, -0.05) is 35.9 Å². The minimum absolute atomic E-state index is 0.0509. The van der Waals surface area contributed by atoms with Gasteiger partial charge < -0.3 is 4.74 Å². The summed E-state index contributed by atoms with van der Waals surface area (Å²) in [5.74, 6) is 0.964. The Bertz CT molecular complexity index is 429. The van der Waals surface area contributed by atoms with Crippen LogP contribution >= 0.6 is 0 Å².